The van der Waals surface area contributed by atoms with Gasteiger partial charge in [0.05, 0.1) is 11.4 Å². The topological polar surface area (TPSA) is 86.8 Å². The number of hydrogen-bond donors (Lipinski definition) is 1. The third-order valence-corrected chi connectivity index (χ3v) is 6.99. The highest BCUT2D eigenvalue weighted by Gasteiger charge is 2.32. The summed E-state index contributed by atoms with van der Waals surface area (Å²) in [5.74, 6) is -1.26. The monoisotopic (exact) mass is 477 g/mol. The average molecular weight is 478 g/mol. The Morgan fingerprint density at radius 1 is 1.03 bits per heavy atom. The molecule has 0 aromatic heterocycles. The van der Waals surface area contributed by atoms with Gasteiger partial charge in [0, 0.05) is 19.6 Å². The summed E-state index contributed by atoms with van der Waals surface area (Å²) in [5.41, 5.74) is 1.55. The summed E-state index contributed by atoms with van der Waals surface area (Å²) < 4.78 is 40.2. The minimum Gasteiger partial charge on any atom is -0.352 e. The maximum Gasteiger partial charge on any atom is 0.243 e. The van der Waals surface area contributed by atoms with E-state index in [-0.39, 0.29) is 23.4 Å². The van der Waals surface area contributed by atoms with Gasteiger partial charge in [-0.05, 0) is 57.0 Å². The van der Waals surface area contributed by atoms with Gasteiger partial charge in [-0.3, -0.25) is 9.59 Å². The van der Waals surface area contributed by atoms with Crippen LogP contribution in [0.25, 0.3) is 0 Å². The van der Waals surface area contributed by atoms with Crippen LogP contribution in [0.1, 0.15) is 38.3 Å². The lowest BCUT2D eigenvalue weighted by atomic mass is 10.1. The summed E-state index contributed by atoms with van der Waals surface area (Å²) >= 11 is 0. The molecule has 33 heavy (non-hydrogen) atoms. The Bertz CT molecular complexity index is 1050. The standard InChI is InChI=1S/C24H32FN3O4S/c1-6-22(24(30)26-17(2)3)28(15-19-9-11-20(25)12-10-19)23(29)16-27(5)33(31,32)21-13-7-18(4)8-14-21/h7-14,17,22H,6,15-16H2,1-5H3,(H,26,30)/t22-/m1/s1. The summed E-state index contributed by atoms with van der Waals surface area (Å²) in [4.78, 5) is 27.6. The maximum absolute atomic E-state index is 13.4. The van der Waals surface area contributed by atoms with Gasteiger partial charge in [-0.2, -0.15) is 4.31 Å². The fraction of sp³-hybridized carbons (Fsp3) is 0.417. The molecule has 9 heteroatoms. The summed E-state index contributed by atoms with van der Waals surface area (Å²) in [6.45, 7) is 6.87. The van der Waals surface area contributed by atoms with E-state index in [2.05, 4.69) is 5.32 Å². The van der Waals surface area contributed by atoms with E-state index in [4.69, 9.17) is 0 Å². The Labute approximate surface area is 195 Å². The molecule has 2 rings (SSSR count). The zero-order valence-corrected chi connectivity index (χ0v) is 20.5. The van der Waals surface area contributed by atoms with E-state index < -0.39 is 34.3 Å². The van der Waals surface area contributed by atoms with Crippen molar-refractivity contribution in [2.75, 3.05) is 13.6 Å². The van der Waals surface area contributed by atoms with Crippen LogP contribution in [0.4, 0.5) is 4.39 Å². The number of amides is 2. The number of sulfonamides is 1. The molecule has 0 saturated heterocycles. The van der Waals surface area contributed by atoms with Gasteiger partial charge in [0.25, 0.3) is 0 Å². The molecule has 1 atom stereocenters. The molecule has 1 N–H and O–H groups in total. The number of halogens is 1. The van der Waals surface area contributed by atoms with Crippen LogP contribution in [0.15, 0.2) is 53.4 Å². The average Bonchev–Trinajstić information content (AvgIpc) is 2.74. The number of rotatable bonds is 10. The molecule has 2 aromatic rings. The zero-order valence-electron chi connectivity index (χ0n) is 19.7. The van der Waals surface area contributed by atoms with Crippen LogP contribution in [-0.2, 0) is 26.2 Å². The molecule has 0 aliphatic carbocycles. The van der Waals surface area contributed by atoms with Crippen LogP contribution in [0.5, 0.6) is 0 Å². The van der Waals surface area contributed by atoms with Gasteiger partial charge in [-0.1, -0.05) is 36.8 Å². The van der Waals surface area contributed by atoms with Crippen molar-refractivity contribution in [3.05, 3.63) is 65.5 Å². The first kappa shape index (κ1) is 26.5. The molecule has 0 radical (unpaired) electrons. The van der Waals surface area contributed by atoms with E-state index in [1.165, 1.54) is 48.3 Å². The molecule has 0 spiro atoms. The third kappa shape index (κ3) is 7.10. The number of carbonyl (C=O) groups excluding carboxylic acids is 2. The number of carbonyl (C=O) groups is 2. The molecular formula is C24H32FN3O4S. The van der Waals surface area contributed by atoms with Gasteiger partial charge in [-0.15, -0.1) is 0 Å². The second-order valence-corrected chi connectivity index (χ2v) is 10.4. The number of hydrogen-bond acceptors (Lipinski definition) is 4. The molecule has 0 heterocycles. The molecule has 0 bridgehead atoms. The van der Waals surface area contributed by atoms with Crippen LogP contribution >= 0.6 is 0 Å². The lowest BCUT2D eigenvalue weighted by molar-refractivity contribution is -0.141. The van der Waals surface area contributed by atoms with E-state index in [0.29, 0.717) is 12.0 Å². The van der Waals surface area contributed by atoms with Gasteiger partial charge < -0.3 is 10.2 Å². The first-order valence-electron chi connectivity index (χ1n) is 10.8. The van der Waals surface area contributed by atoms with Gasteiger partial charge >= 0.3 is 0 Å². The second kappa shape index (κ2) is 11.4. The quantitative estimate of drug-likeness (QED) is 0.570. The molecular weight excluding hydrogens is 445 g/mol. The van der Waals surface area contributed by atoms with E-state index in [1.807, 2.05) is 20.8 Å². The van der Waals surface area contributed by atoms with E-state index in [9.17, 15) is 22.4 Å². The van der Waals surface area contributed by atoms with Crippen LogP contribution in [-0.4, -0.2) is 55.1 Å². The predicted octanol–water partition coefficient (Wildman–Crippen LogP) is 3.09. The van der Waals surface area contributed by atoms with E-state index >= 15 is 0 Å². The Balaban J connectivity index is 2.31. The highest BCUT2D eigenvalue weighted by Crippen LogP contribution is 2.18. The molecule has 2 amide bonds. The van der Waals surface area contributed by atoms with Gasteiger partial charge in [-0.25, -0.2) is 12.8 Å². The predicted molar refractivity (Wildman–Crippen MR) is 125 cm³/mol. The molecule has 0 fully saturated rings. The summed E-state index contributed by atoms with van der Waals surface area (Å²) in [5, 5.41) is 2.81. The third-order valence-electron chi connectivity index (χ3n) is 5.17. The highest BCUT2D eigenvalue weighted by atomic mass is 32.2. The Hall–Kier alpha value is -2.78. The number of benzene rings is 2. The van der Waals surface area contributed by atoms with Crippen molar-refractivity contribution >= 4 is 21.8 Å². The summed E-state index contributed by atoms with van der Waals surface area (Å²) in [6, 6.07) is 11.1. The van der Waals surface area contributed by atoms with Crippen molar-refractivity contribution in [3.8, 4) is 0 Å². The first-order valence-corrected chi connectivity index (χ1v) is 12.3. The summed E-state index contributed by atoms with van der Waals surface area (Å²) in [6.07, 6.45) is 0.333. The maximum atomic E-state index is 13.4. The Kier molecular flexibility index (Phi) is 9.13. The largest absolute Gasteiger partial charge is 0.352 e. The van der Waals surface area contributed by atoms with Gasteiger partial charge in [0.1, 0.15) is 11.9 Å². The fourth-order valence-corrected chi connectivity index (χ4v) is 4.46. The lowest BCUT2D eigenvalue weighted by Crippen LogP contribution is -2.52. The zero-order chi connectivity index (χ0) is 24.8. The Morgan fingerprint density at radius 3 is 2.12 bits per heavy atom. The highest BCUT2D eigenvalue weighted by molar-refractivity contribution is 7.89. The van der Waals surface area contributed by atoms with Crippen molar-refractivity contribution in [1.29, 1.82) is 0 Å². The number of likely N-dealkylation sites (N-methyl/N-ethyl adjacent to an activating group) is 1. The van der Waals surface area contributed by atoms with Crippen molar-refractivity contribution in [3.63, 3.8) is 0 Å². The molecule has 0 saturated carbocycles. The van der Waals surface area contributed by atoms with Crippen molar-refractivity contribution in [1.82, 2.24) is 14.5 Å². The minimum absolute atomic E-state index is 0.0432. The molecule has 0 aliphatic heterocycles. The van der Waals surface area contributed by atoms with Crippen molar-refractivity contribution in [2.24, 2.45) is 0 Å². The van der Waals surface area contributed by atoms with Crippen LogP contribution < -0.4 is 5.32 Å². The van der Waals surface area contributed by atoms with E-state index in [0.717, 1.165) is 9.87 Å². The number of aryl methyl sites for hydroxylation is 1. The van der Waals surface area contributed by atoms with Gasteiger partial charge in [0.15, 0.2) is 0 Å². The van der Waals surface area contributed by atoms with Crippen LogP contribution in [0.3, 0.4) is 0 Å². The lowest BCUT2D eigenvalue weighted by Gasteiger charge is -2.32. The van der Waals surface area contributed by atoms with E-state index in [1.54, 1.807) is 19.1 Å². The molecule has 7 nitrogen and oxygen atoms in total. The molecule has 0 aliphatic rings. The second-order valence-electron chi connectivity index (χ2n) is 8.31. The van der Waals surface area contributed by atoms with Gasteiger partial charge in [0.2, 0.25) is 21.8 Å². The van der Waals surface area contributed by atoms with Crippen LogP contribution in [0, 0.1) is 12.7 Å². The van der Waals surface area contributed by atoms with Crippen molar-refractivity contribution < 1.29 is 22.4 Å². The SMILES string of the molecule is CC[C@H](C(=O)NC(C)C)N(Cc1ccc(F)cc1)C(=O)CN(C)S(=O)(=O)c1ccc(C)cc1. The smallest absolute Gasteiger partial charge is 0.243 e. The van der Waals surface area contributed by atoms with Crippen LogP contribution in [0.2, 0.25) is 0 Å². The molecule has 180 valence electrons. The first-order chi connectivity index (χ1) is 15.4. The molecule has 2 aromatic carbocycles. The minimum atomic E-state index is -3.90. The van der Waals surface area contributed by atoms with Crippen molar-refractivity contribution in [2.45, 2.75) is 57.6 Å². The normalized spacial score (nSPS) is 12.6. The Morgan fingerprint density at radius 2 is 1.61 bits per heavy atom. The molecule has 0 unspecified atom stereocenters. The fourth-order valence-electron chi connectivity index (χ4n) is 3.34. The number of nitrogens with one attached hydrogen (secondary N) is 1. The number of nitrogens with zero attached hydrogens (tertiary/aromatic N) is 2. The summed E-state index contributed by atoms with van der Waals surface area (Å²) in [7, 11) is -2.57.